The Bertz CT molecular complexity index is 271. The van der Waals surface area contributed by atoms with Gasteiger partial charge in [-0.2, -0.15) is 0 Å². The molecule has 0 aromatic heterocycles. The standard InChI is InChI=1S/C15H30N2/c1-13-7-9-17(10-8-13)12-15(5,6)11-16-14(2,3)4/h7,16H,8-12H2,1-6H3. The lowest BCUT2D eigenvalue weighted by atomic mass is 9.90. The fourth-order valence-electron chi connectivity index (χ4n) is 2.12. The smallest absolute Gasteiger partial charge is 0.0166 e. The lowest BCUT2D eigenvalue weighted by Gasteiger charge is -2.36. The van der Waals surface area contributed by atoms with Crippen LogP contribution in [0.5, 0.6) is 0 Å². The molecule has 2 nitrogen and oxygen atoms in total. The van der Waals surface area contributed by atoms with Crippen molar-refractivity contribution in [3.63, 3.8) is 0 Å². The summed E-state index contributed by atoms with van der Waals surface area (Å²) in [7, 11) is 0. The van der Waals surface area contributed by atoms with Gasteiger partial charge in [-0.1, -0.05) is 25.5 Å². The largest absolute Gasteiger partial charge is 0.311 e. The number of rotatable bonds is 4. The zero-order valence-electron chi connectivity index (χ0n) is 12.6. The van der Waals surface area contributed by atoms with Crippen LogP contribution in [0.15, 0.2) is 11.6 Å². The lowest BCUT2D eigenvalue weighted by Crippen LogP contribution is -2.47. The predicted octanol–water partition coefficient (Wildman–Crippen LogP) is 3.05. The Morgan fingerprint density at radius 1 is 1.24 bits per heavy atom. The number of nitrogens with one attached hydrogen (secondary N) is 1. The fourth-order valence-corrected chi connectivity index (χ4v) is 2.12. The summed E-state index contributed by atoms with van der Waals surface area (Å²) in [5, 5.41) is 3.62. The van der Waals surface area contributed by atoms with Crippen molar-refractivity contribution in [1.29, 1.82) is 0 Å². The van der Waals surface area contributed by atoms with Gasteiger partial charge in [-0.25, -0.2) is 0 Å². The summed E-state index contributed by atoms with van der Waals surface area (Å²) in [4.78, 5) is 2.57. The van der Waals surface area contributed by atoms with Crippen molar-refractivity contribution < 1.29 is 0 Å². The molecule has 0 fully saturated rings. The zero-order valence-corrected chi connectivity index (χ0v) is 12.6. The van der Waals surface area contributed by atoms with E-state index in [2.05, 4.69) is 57.8 Å². The van der Waals surface area contributed by atoms with Crippen molar-refractivity contribution >= 4 is 0 Å². The number of nitrogens with zero attached hydrogens (tertiary/aromatic N) is 1. The molecule has 100 valence electrons. The molecule has 0 spiro atoms. The molecule has 0 bridgehead atoms. The van der Waals surface area contributed by atoms with Gasteiger partial charge in [-0.15, -0.1) is 0 Å². The highest BCUT2D eigenvalue weighted by Crippen LogP contribution is 2.20. The van der Waals surface area contributed by atoms with E-state index < -0.39 is 0 Å². The summed E-state index contributed by atoms with van der Waals surface area (Å²) in [6.45, 7) is 18.3. The predicted molar refractivity (Wildman–Crippen MR) is 76.4 cm³/mol. The molecule has 0 radical (unpaired) electrons. The van der Waals surface area contributed by atoms with E-state index in [4.69, 9.17) is 0 Å². The highest BCUT2D eigenvalue weighted by Gasteiger charge is 2.24. The minimum Gasteiger partial charge on any atom is -0.311 e. The Balaban J connectivity index is 2.39. The molecule has 0 unspecified atom stereocenters. The van der Waals surface area contributed by atoms with Gasteiger partial charge in [0.2, 0.25) is 0 Å². The maximum absolute atomic E-state index is 3.62. The van der Waals surface area contributed by atoms with E-state index >= 15 is 0 Å². The second-order valence-electron chi connectivity index (χ2n) is 7.30. The van der Waals surface area contributed by atoms with Crippen molar-refractivity contribution in [1.82, 2.24) is 10.2 Å². The first-order valence-corrected chi connectivity index (χ1v) is 6.81. The summed E-state index contributed by atoms with van der Waals surface area (Å²) < 4.78 is 0. The first-order chi connectivity index (χ1) is 7.68. The Morgan fingerprint density at radius 2 is 1.88 bits per heavy atom. The average Bonchev–Trinajstić information content (AvgIpc) is 2.18. The number of hydrogen-bond acceptors (Lipinski definition) is 2. The van der Waals surface area contributed by atoms with Crippen LogP contribution in [0.4, 0.5) is 0 Å². The molecule has 0 aromatic carbocycles. The minimum absolute atomic E-state index is 0.218. The highest BCUT2D eigenvalue weighted by atomic mass is 15.1. The van der Waals surface area contributed by atoms with E-state index in [1.807, 2.05) is 0 Å². The van der Waals surface area contributed by atoms with Gasteiger partial charge in [-0.05, 0) is 39.5 Å². The van der Waals surface area contributed by atoms with Crippen molar-refractivity contribution in [2.75, 3.05) is 26.2 Å². The second-order valence-corrected chi connectivity index (χ2v) is 7.30. The van der Waals surface area contributed by atoms with Crippen LogP contribution in [0.25, 0.3) is 0 Å². The first-order valence-electron chi connectivity index (χ1n) is 6.81. The number of hydrogen-bond donors (Lipinski definition) is 1. The molecule has 2 heteroatoms. The maximum Gasteiger partial charge on any atom is 0.0166 e. The third kappa shape index (κ3) is 6.23. The Morgan fingerprint density at radius 3 is 2.35 bits per heavy atom. The van der Waals surface area contributed by atoms with E-state index in [-0.39, 0.29) is 5.54 Å². The molecular weight excluding hydrogens is 208 g/mol. The molecule has 0 aliphatic carbocycles. The van der Waals surface area contributed by atoms with E-state index in [0.29, 0.717) is 5.41 Å². The summed E-state index contributed by atoms with van der Waals surface area (Å²) in [5.74, 6) is 0. The van der Waals surface area contributed by atoms with Crippen LogP contribution >= 0.6 is 0 Å². The third-order valence-corrected chi connectivity index (χ3v) is 3.27. The van der Waals surface area contributed by atoms with Crippen LogP contribution < -0.4 is 5.32 Å². The normalized spacial score (nSPS) is 19.3. The van der Waals surface area contributed by atoms with Gasteiger partial charge in [0.15, 0.2) is 0 Å². The highest BCUT2D eigenvalue weighted by molar-refractivity contribution is 5.04. The SMILES string of the molecule is CC1=CCN(CC(C)(C)CNC(C)(C)C)CC1. The maximum atomic E-state index is 3.62. The molecule has 1 rings (SSSR count). The van der Waals surface area contributed by atoms with Crippen molar-refractivity contribution in [2.45, 2.75) is 53.5 Å². The summed E-state index contributed by atoms with van der Waals surface area (Å²) in [6, 6.07) is 0. The second kappa shape index (κ2) is 5.53. The molecule has 1 heterocycles. The first kappa shape index (κ1) is 14.7. The van der Waals surface area contributed by atoms with E-state index in [0.717, 1.165) is 13.1 Å². The molecule has 1 N–H and O–H groups in total. The molecule has 0 saturated carbocycles. The van der Waals surface area contributed by atoms with Gasteiger partial charge in [0.25, 0.3) is 0 Å². The van der Waals surface area contributed by atoms with E-state index in [9.17, 15) is 0 Å². The third-order valence-electron chi connectivity index (χ3n) is 3.27. The van der Waals surface area contributed by atoms with Crippen LogP contribution in [-0.2, 0) is 0 Å². The monoisotopic (exact) mass is 238 g/mol. The van der Waals surface area contributed by atoms with E-state index in [1.165, 1.54) is 19.5 Å². The van der Waals surface area contributed by atoms with Crippen LogP contribution in [0.3, 0.4) is 0 Å². The van der Waals surface area contributed by atoms with Crippen molar-refractivity contribution in [2.24, 2.45) is 5.41 Å². The Kier molecular flexibility index (Phi) is 4.79. The van der Waals surface area contributed by atoms with Gasteiger partial charge in [0.05, 0.1) is 0 Å². The minimum atomic E-state index is 0.218. The van der Waals surface area contributed by atoms with Crippen LogP contribution in [0.2, 0.25) is 0 Å². The Hall–Kier alpha value is -0.340. The van der Waals surface area contributed by atoms with E-state index in [1.54, 1.807) is 5.57 Å². The van der Waals surface area contributed by atoms with Crippen LogP contribution in [-0.4, -0.2) is 36.6 Å². The molecular formula is C15H30N2. The topological polar surface area (TPSA) is 15.3 Å². The van der Waals surface area contributed by atoms with Gasteiger partial charge in [0, 0.05) is 31.7 Å². The Labute approximate surface area is 107 Å². The zero-order chi connectivity index (χ0) is 13.1. The van der Waals surface area contributed by atoms with Crippen LogP contribution in [0.1, 0.15) is 48.0 Å². The molecule has 0 saturated heterocycles. The molecule has 0 atom stereocenters. The van der Waals surface area contributed by atoms with Crippen molar-refractivity contribution in [3.8, 4) is 0 Å². The molecule has 1 aliphatic heterocycles. The van der Waals surface area contributed by atoms with Gasteiger partial charge in [-0.3, -0.25) is 4.90 Å². The summed E-state index contributed by atoms with van der Waals surface area (Å²) >= 11 is 0. The molecule has 1 aliphatic rings. The fraction of sp³-hybridized carbons (Fsp3) is 0.867. The average molecular weight is 238 g/mol. The van der Waals surface area contributed by atoms with Gasteiger partial charge < -0.3 is 5.32 Å². The van der Waals surface area contributed by atoms with Gasteiger partial charge >= 0.3 is 0 Å². The molecule has 0 aromatic rings. The van der Waals surface area contributed by atoms with Crippen molar-refractivity contribution in [3.05, 3.63) is 11.6 Å². The van der Waals surface area contributed by atoms with Gasteiger partial charge in [0.1, 0.15) is 0 Å². The van der Waals surface area contributed by atoms with Crippen LogP contribution in [0, 0.1) is 5.41 Å². The molecule has 17 heavy (non-hydrogen) atoms. The molecule has 0 amide bonds. The quantitative estimate of drug-likeness (QED) is 0.757. The summed E-state index contributed by atoms with van der Waals surface area (Å²) in [5.41, 5.74) is 2.11. The summed E-state index contributed by atoms with van der Waals surface area (Å²) in [6.07, 6.45) is 3.61. The lowest BCUT2D eigenvalue weighted by molar-refractivity contribution is 0.174.